The Morgan fingerprint density at radius 3 is 1.37 bits per heavy atom. The van der Waals surface area contributed by atoms with Gasteiger partial charge in [0.2, 0.25) is 0 Å². The Bertz CT molecular complexity index is 3160. The molecule has 62 heavy (non-hydrogen) atoms. The van der Waals surface area contributed by atoms with Crippen LogP contribution >= 0.6 is 0 Å². The number of rotatable bonds is 9. The van der Waals surface area contributed by atoms with E-state index in [2.05, 4.69) is 264 Å². The van der Waals surface area contributed by atoms with E-state index in [-0.39, 0.29) is 0 Å². The van der Waals surface area contributed by atoms with Crippen LogP contribution in [0.3, 0.4) is 0 Å². The van der Waals surface area contributed by atoms with Gasteiger partial charge in [-0.2, -0.15) is 0 Å². The Balaban J connectivity index is 1.07. The van der Waals surface area contributed by atoms with Crippen molar-refractivity contribution in [2.24, 2.45) is 0 Å². The van der Waals surface area contributed by atoms with Crippen LogP contribution in [0.15, 0.2) is 255 Å². The quantitative estimate of drug-likeness (QED) is 0.141. The van der Waals surface area contributed by atoms with Gasteiger partial charge in [-0.25, -0.2) is 0 Å². The van der Waals surface area contributed by atoms with Crippen molar-refractivity contribution >= 4 is 38.8 Å². The van der Waals surface area contributed by atoms with Gasteiger partial charge in [0.15, 0.2) is 0 Å². The van der Waals surface area contributed by atoms with E-state index < -0.39 is 5.54 Å². The summed E-state index contributed by atoms with van der Waals surface area (Å²) in [7, 11) is 0. The molecule has 0 fully saturated rings. The molecule has 2 nitrogen and oxygen atoms in total. The molecule has 0 saturated heterocycles. The first kappa shape index (κ1) is 37.1. The minimum absolute atomic E-state index is 0.623. The van der Waals surface area contributed by atoms with Crippen LogP contribution in [-0.2, 0) is 5.54 Å². The maximum atomic E-state index is 2.60. The molecule has 10 aromatic rings. The molecule has 294 valence electrons. The van der Waals surface area contributed by atoms with Crippen LogP contribution in [0.2, 0.25) is 0 Å². The summed E-state index contributed by atoms with van der Waals surface area (Å²) in [5.74, 6) is 0. The van der Waals surface area contributed by atoms with Crippen LogP contribution in [0.5, 0.6) is 0 Å². The number of nitrogens with zero attached hydrogens (tertiary/aromatic N) is 2. The summed E-state index contributed by atoms with van der Waals surface area (Å²) in [6.45, 7) is 0. The highest BCUT2D eigenvalue weighted by Crippen LogP contribution is 2.54. The highest BCUT2D eigenvalue weighted by atomic mass is 15.2. The minimum Gasteiger partial charge on any atom is -0.327 e. The van der Waals surface area contributed by atoms with Crippen molar-refractivity contribution in [2.45, 2.75) is 12.0 Å². The first-order valence-electron chi connectivity index (χ1n) is 21.5. The maximum absolute atomic E-state index is 2.60. The molecular weight excluding hydrogens is 749 g/mol. The van der Waals surface area contributed by atoms with Gasteiger partial charge in [0, 0.05) is 27.8 Å². The molecular formula is C60H44N2. The second-order valence-corrected chi connectivity index (χ2v) is 16.1. The highest BCUT2D eigenvalue weighted by molar-refractivity contribution is 6.09. The van der Waals surface area contributed by atoms with E-state index in [0.29, 0.717) is 0 Å². The molecule has 0 saturated carbocycles. The Labute approximate surface area is 363 Å². The maximum Gasteiger partial charge on any atom is 0.100 e. The smallest absolute Gasteiger partial charge is 0.100 e. The van der Waals surface area contributed by atoms with Gasteiger partial charge in [0.25, 0.3) is 0 Å². The van der Waals surface area contributed by atoms with Gasteiger partial charge in [-0.3, -0.25) is 0 Å². The van der Waals surface area contributed by atoms with E-state index in [9.17, 15) is 0 Å². The summed E-state index contributed by atoms with van der Waals surface area (Å²) in [4.78, 5) is 2.60. The van der Waals surface area contributed by atoms with Gasteiger partial charge in [0.05, 0.1) is 11.0 Å². The molecule has 11 rings (SSSR count). The van der Waals surface area contributed by atoms with Gasteiger partial charge in [-0.15, -0.1) is 0 Å². The lowest BCUT2D eigenvalue weighted by Crippen LogP contribution is -2.45. The number of allylic oxidation sites excluding steroid dienone is 2. The summed E-state index contributed by atoms with van der Waals surface area (Å²) in [6.07, 6.45) is 7.67. The number of benzene rings is 9. The SMILES string of the molecule is C1=CCC(c2ccccc2-c2ccccc2)(N(c2ccc(-c3ccccc3)cc2)c2ccc(-c3ccc(-n4c5ccccc5c5ccccc54)cc3)cc2)C(c2ccccc2)=C1. The zero-order valence-electron chi connectivity index (χ0n) is 34.4. The van der Waals surface area contributed by atoms with Gasteiger partial charge in [0.1, 0.15) is 5.54 Å². The first-order chi connectivity index (χ1) is 30.8. The number of hydrogen-bond donors (Lipinski definition) is 0. The molecule has 1 aliphatic carbocycles. The van der Waals surface area contributed by atoms with E-state index in [4.69, 9.17) is 0 Å². The van der Waals surface area contributed by atoms with Crippen molar-refractivity contribution in [3.05, 3.63) is 266 Å². The van der Waals surface area contributed by atoms with Gasteiger partial charge >= 0.3 is 0 Å². The monoisotopic (exact) mass is 792 g/mol. The van der Waals surface area contributed by atoms with E-state index in [1.807, 2.05) is 0 Å². The normalized spacial score (nSPS) is 14.8. The molecule has 0 aliphatic heterocycles. The van der Waals surface area contributed by atoms with Crippen LogP contribution in [0, 0.1) is 0 Å². The van der Waals surface area contributed by atoms with Crippen molar-refractivity contribution < 1.29 is 0 Å². The second kappa shape index (κ2) is 15.9. The zero-order chi connectivity index (χ0) is 41.3. The topological polar surface area (TPSA) is 8.17 Å². The largest absolute Gasteiger partial charge is 0.327 e. The number of anilines is 2. The molecule has 9 aromatic carbocycles. The molecule has 0 spiro atoms. The lowest BCUT2D eigenvalue weighted by Gasteiger charge is -2.49. The summed E-state index contributed by atoms with van der Waals surface area (Å²) in [5.41, 5.74) is 16.0. The highest BCUT2D eigenvalue weighted by Gasteiger charge is 2.45. The predicted molar refractivity (Wildman–Crippen MR) is 262 cm³/mol. The average Bonchev–Trinajstić information content (AvgIpc) is 3.70. The molecule has 2 heteroatoms. The minimum atomic E-state index is -0.623. The third-order valence-corrected chi connectivity index (χ3v) is 12.6. The van der Waals surface area contributed by atoms with Crippen molar-refractivity contribution in [2.75, 3.05) is 4.90 Å². The average molecular weight is 793 g/mol. The fourth-order valence-electron chi connectivity index (χ4n) is 9.73. The Kier molecular flexibility index (Phi) is 9.52. The predicted octanol–water partition coefficient (Wildman–Crippen LogP) is 15.9. The van der Waals surface area contributed by atoms with Gasteiger partial charge < -0.3 is 9.47 Å². The van der Waals surface area contributed by atoms with E-state index >= 15 is 0 Å². The summed E-state index contributed by atoms with van der Waals surface area (Å²) in [6, 6.07) is 86.2. The fourth-order valence-corrected chi connectivity index (χ4v) is 9.73. The van der Waals surface area contributed by atoms with Gasteiger partial charge in [-0.1, -0.05) is 206 Å². The number of para-hydroxylation sites is 2. The Morgan fingerprint density at radius 2 is 0.806 bits per heavy atom. The van der Waals surface area contributed by atoms with E-state index in [0.717, 1.165) is 23.5 Å². The third kappa shape index (κ3) is 6.45. The van der Waals surface area contributed by atoms with Crippen LogP contribution < -0.4 is 4.90 Å². The number of aromatic nitrogens is 1. The van der Waals surface area contributed by atoms with Crippen LogP contribution in [0.1, 0.15) is 17.5 Å². The van der Waals surface area contributed by atoms with E-state index in [1.165, 1.54) is 71.9 Å². The van der Waals surface area contributed by atoms with Crippen LogP contribution in [-0.4, -0.2) is 4.57 Å². The summed E-state index contributed by atoms with van der Waals surface area (Å²) < 4.78 is 2.38. The molecule has 1 aliphatic rings. The standard InChI is InChI=1S/C60H44N2/c1-4-18-44(19-5-1)45-33-39-51(40-34-45)62(60(43-17-16-27-56(60)49-22-8-3-9-23-49)57-28-13-10-24-53(57)48-20-6-2-7-21-48)52-41-35-47(36-42-52)46-31-37-50(38-32-46)61-58-29-14-11-25-54(58)55-26-12-15-30-59(55)61/h1-42H,43H2. The molecule has 0 bridgehead atoms. The van der Waals surface area contributed by atoms with Crippen LogP contribution in [0.25, 0.3) is 66.4 Å². The summed E-state index contributed by atoms with van der Waals surface area (Å²) >= 11 is 0. The molecule has 1 heterocycles. The lowest BCUT2D eigenvalue weighted by molar-refractivity contribution is 0.568. The Morgan fingerprint density at radius 1 is 0.371 bits per heavy atom. The number of hydrogen-bond acceptors (Lipinski definition) is 1. The fraction of sp³-hybridized carbons (Fsp3) is 0.0333. The Hall–Kier alpha value is -7.94. The molecule has 0 N–H and O–H groups in total. The molecule has 1 aromatic heterocycles. The van der Waals surface area contributed by atoms with Crippen molar-refractivity contribution in [1.82, 2.24) is 4.57 Å². The van der Waals surface area contributed by atoms with E-state index in [1.54, 1.807) is 0 Å². The van der Waals surface area contributed by atoms with Crippen molar-refractivity contribution in [3.8, 4) is 39.1 Å². The van der Waals surface area contributed by atoms with Crippen molar-refractivity contribution in [1.29, 1.82) is 0 Å². The second-order valence-electron chi connectivity index (χ2n) is 16.1. The zero-order valence-corrected chi connectivity index (χ0v) is 34.4. The number of fused-ring (bicyclic) bond motifs is 3. The molecule has 1 unspecified atom stereocenters. The lowest BCUT2D eigenvalue weighted by atomic mass is 9.70. The molecule has 0 amide bonds. The van der Waals surface area contributed by atoms with Gasteiger partial charge in [-0.05, 0) is 105 Å². The molecule has 1 atom stereocenters. The summed E-state index contributed by atoms with van der Waals surface area (Å²) in [5, 5.41) is 2.54. The molecule has 0 radical (unpaired) electrons. The van der Waals surface area contributed by atoms with Crippen LogP contribution in [0.4, 0.5) is 11.4 Å². The van der Waals surface area contributed by atoms with Crippen molar-refractivity contribution in [3.63, 3.8) is 0 Å². The third-order valence-electron chi connectivity index (χ3n) is 12.6. The first-order valence-corrected chi connectivity index (χ1v) is 21.5.